The number of nitrogens with zero attached hydrogens (tertiary/aromatic N) is 1. The summed E-state index contributed by atoms with van der Waals surface area (Å²) < 4.78 is 0. The molecule has 0 unspecified atom stereocenters. The van der Waals surface area contributed by atoms with Crippen LogP contribution in [0.15, 0.2) is 18.2 Å². The summed E-state index contributed by atoms with van der Waals surface area (Å²) in [5, 5.41) is 12.2. The zero-order valence-electron chi connectivity index (χ0n) is 10.6. The molecule has 0 aromatic heterocycles. The maximum Gasteiger partial charge on any atom is 0.323 e. The van der Waals surface area contributed by atoms with Crippen molar-refractivity contribution in [2.75, 3.05) is 18.4 Å². The Bertz CT molecular complexity index is 537. The van der Waals surface area contributed by atoms with Crippen molar-refractivity contribution in [2.45, 2.75) is 25.3 Å². The van der Waals surface area contributed by atoms with E-state index in [-0.39, 0.29) is 18.5 Å². The highest BCUT2D eigenvalue weighted by Crippen LogP contribution is 2.29. The SMILES string of the molecule is O=C(O)CN(C(=O)c1ccc2c(c1)CCN2)C1CC1. The number of carbonyl (C=O) groups is 2. The lowest BCUT2D eigenvalue weighted by Crippen LogP contribution is -2.37. The lowest BCUT2D eigenvalue weighted by molar-refractivity contribution is -0.137. The van der Waals surface area contributed by atoms with Crippen LogP contribution in [0.2, 0.25) is 0 Å². The van der Waals surface area contributed by atoms with Gasteiger partial charge in [0.2, 0.25) is 0 Å². The molecule has 1 aliphatic heterocycles. The van der Waals surface area contributed by atoms with E-state index in [9.17, 15) is 9.59 Å². The molecule has 1 amide bonds. The van der Waals surface area contributed by atoms with Crippen LogP contribution in [-0.2, 0) is 11.2 Å². The van der Waals surface area contributed by atoms with Gasteiger partial charge in [-0.3, -0.25) is 9.59 Å². The molecular formula is C14H16N2O3. The van der Waals surface area contributed by atoms with Gasteiger partial charge in [0.15, 0.2) is 0 Å². The van der Waals surface area contributed by atoms with Gasteiger partial charge < -0.3 is 15.3 Å². The number of fused-ring (bicyclic) bond motifs is 1. The van der Waals surface area contributed by atoms with Crippen LogP contribution in [0, 0.1) is 0 Å². The third-order valence-corrected chi connectivity index (χ3v) is 3.62. The smallest absolute Gasteiger partial charge is 0.323 e. The van der Waals surface area contributed by atoms with E-state index in [1.807, 2.05) is 12.1 Å². The Morgan fingerprint density at radius 1 is 1.37 bits per heavy atom. The number of rotatable bonds is 4. The molecule has 5 nitrogen and oxygen atoms in total. The zero-order chi connectivity index (χ0) is 13.4. The Morgan fingerprint density at radius 2 is 2.16 bits per heavy atom. The minimum atomic E-state index is -0.955. The monoisotopic (exact) mass is 260 g/mol. The lowest BCUT2D eigenvalue weighted by atomic mass is 10.1. The van der Waals surface area contributed by atoms with Crippen LogP contribution >= 0.6 is 0 Å². The van der Waals surface area contributed by atoms with Gasteiger partial charge in [-0.2, -0.15) is 0 Å². The number of carbonyl (C=O) groups excluding carboxylic acids is 1. The minimum absolute atomic E-state index is 0.106. The van der Waals surface area contributed by atoms with E-state index in [0.717, 1.165) is 37.1 Å². The van der Waals surface area contributed by atoms with E-state index < -0.39 is 5.97 Å². The van der Waals surface area contributed by atoms with Gasteiger partial charge in [0.05, 0.1) is 0 Å². The fourth-order valence-electron chi connectivity index (χ4n) is 2.50. The Labute approximate surface area is 111 Å². The molecule has 2 N–H and O–H groups in total. The average Bonchev–Trinajstić information content (AvgIpc) is 3.12. The van der Waals surface area contributed by atoms with E-state index in [2.05, 4.69) is 5.32 Å². The van der Waals surface area contributed by atoms with Crippen LogP contribution < -0.4 is 5.32 Å². The highest BCUT2D eigenvalue weighted by atomic mass is 16.4. The van der Waals surface area contributed by atoms with E-state index >= 15 is 0 Å². The highest BCUT2D eigenvalue weighted by molar-refractivity contribution is 5.97. The molecule has 3 rings (SSSR count). The summed E-state index contributed by atoms with van der Waals surface area (Å²) in [6.07, 6.45) is 2.73. The van der Waals surface area contributed by atoms with Crippen molar-refractivity contribution in [1.29, 1.82) is 0 Å². The fourth-order valence-corrected chi connectivity index (χ4v) is 2.50. The molecular weight excluding hydrogens is 244 g/mol. The molecule has 1 heterocycles. The number of benzene rings is 1. The topological polar surface area (TPSA) is 69.6 Å². The van der Waals surface area contributed by atoms with Crippen molar-refractivity contribution < 1.29 is 14.7 Å². The largest absolute Gasteiger partial charge is 0.480 e. The first kappa shape index (κ1) is 12.0. The van der Waals surface area contributed by atoms with Crippen LogP contribution in [0.3, 0.4) is 0 Å². The summed E-state index contributed by atoms with van der Waals surface area (Å²) in [6.45, 7) is 0.688. The van der Waals surface area contributed by atoms with Gasteiger partial charge in [-0.1, -0.05) is 0 Å². The molecule has 1 saturated carbocycles. The predicted molar refractivity (Wildman–Crippen MR) is 70.3 cm³/mol. The summed E-state index contributed by atoms with van der Waals surface area (Å²) in [7, 11) is 0. The fraction of sp³-hybridized carbons (Fsp3) is 0.429. The third-order valence-electron chi connectivity index (χ3n) is 3.62. The van der Waals surface area contributed by atoms with Crippen molar-refractivity contribution in [3.05, 3.63) is 29.3 Å². The molecule has 0 spiro atoms. The Kier molecular flexibility index (Phi) is 2.89. The molecule has 0 radical (unpaired) electrons. The summed E-state index contributed by atoms with van der Waals surface area (Å²) in [5.74, 6) is -1.12. The van der Waals surface area contributed by atoms with Crippen LogP contribution in [0.4, 0.5) is 5.69 Å². The van der Waals surface area contributed by atoms with Crippen molar-refractivity contribution in [3.63, 3.8) is 0 Å². The normalized spacial score (nSPS) is 16.6. The van der Waals surface area contributed by atoms with Gasteiger partial charge in [0, 0.05) is 23.8 Å². The van der Waals surface area contributed by atoms with Crippen LogP contribution in [0.1, 0.15) is 28.8 Å². The zero-order valence-corrected chi connectivity index (χ0v) is 10.6. The first-order valence-electron chi connectivity index (χ1n) is 6.55. The van der Waals surface area contributed by atoms with Gasteiger partial charge in [-0.05, 0) is 43.0 Å². The van der Waals surface area contributed by atoms with Crippen LogP contribution in [0.5, 0.6) is 0 Å². The molecule has 1 aliphatic carbocycles. The van der Waals surface area contributed by atoms with Crippen molar-refractivity contribution in [2.24, 2.45) is 0 Å². The Morgan fingerprint density at radius 3 is 2.84 bits per heavy atom. The number of hydrogen-bond acceptors (Lipinski definition) is 3. The number of carboxylic acid groups (broad SMARTS) is 1. The summed E-state index contributed by atoms with van der Waals surface area (Å²) in [6, 6.07) is 5.67. The van der Waals surface area contributed by atoms with E-state index in [4.69, 9.17) is 5.11 Å². The summed E-state index contributed by atoms with van der Waals surface area (Å²) >= 11 is 0. The van der Waals surface area contributed by atoms with Crippen molar-refractivity contribution in [3.8, 4) is 0 Å². The van der Waals surface area contributed by atoms with E-state index in [1.165, 1.54) is 4.90 Å². The Hall–Kier alpha value is -2.04. The number of aliphatic carboxylic acids is 1. The third kappa shape index (κ3) is 2.41. The second-order valence-corrected chi connectivity index (χ2v) is 5.11. The molecule has 1 fully saturated rings. The van der Waals surface area contributed by atoms with Gasteiger partial charge in [0.25, 0.3) is 5.91 Å². The van der Waals surface area contributed by atoms with Crippen LogP contribution in [0.25, 0.3) is 0 Å². The highest BCUT2D eigenvalue weighted by Gasteiger charge is 2.34. The number of amides is 1. The number of anilines is 1. The summed E-state index contributed by atoms with van der Waals surface area (Å²) in [5.41, 5.74) is 2.81. The van der Waals surface area contributed by atoms with Gasteiger partial charge in [-0.25, -0.2) is 0 Å². The quantitative estimate of drug-likeness (QED) is 0.857. The molecule has 5 heteroatoms. The molecule has 0 saturated heterocycles. The second-order valence-electron chi connectivity index (χ2n) is 5.11. The standard InChI is InChI=1S/C14H16N2O3/c17-13(18)8-16(11-2-3-11)14(19)10-1-4-12-9(7-10)5-6-15-12/h1,4,7,11,15H,2-3,5-6,8H2,(H,17,18). The molecule has 100 valence electrons. The van der Waals surface area contributed by atoms with Crippen molar-refractivity contribution >= 4 is 17.6 Å². The molecule has 1 aromatic rings. The Balaban J connectivity index is 1.83. The molecule has 0 bridgehead atoms. The number of carboxylic acids is 1. The van der Waals surface area contributed by atoms with Crippen LogP contribution in [-0.4, -0.2) is 41.0 Å². The first-order chi connectivity index (χ1) is 9.15. The molecule has 1 aromatic carbocycles. The van der Waals surface area contributed by atoms with Gasteiger partial charge in [-0.15, -0.1) is 0 Å². The number of nitrogens with one attached hydrogen (secondary N) is 1. The summed E-state index contributed by atoms with van der Waals surface area (Å²) in [4.78, 5) is 24.7. The van der Waals surface area contributed by atoms with Gasteiger partial charge >= 0.3 is 5.97 Å². The molecule has 19 heavy (non-hydrogen) atoms. The number of hydrogen-bond donors (Lipinski definition) is 2. The van der Waals surface area contributed by atoms with E-state index in [1.54, 1.807) is 6.07 Å². The average molecular weight is 260 g/mol. The maximum absolute atomic E-state index is 12.4. The van der Waals surface area contributed by atoms with E-state index in [0.29, 0.717) is 5.56 Å². The second kappa shape index (κ2) is 4.57. The molecule has 2 aliphatic rings. The minimum Gasteiger partial charge on any atom is -0.480 e. The predicted octanol–water partition coefficient (Wildman–Crippen LogP) is 1.34. The van der Waals surface area contributed by atoms with Gasteiger partial charge in [0.1, 0.15) is 6.54 Å². The van der Waals surface area contributed by atoms with Crippen molar-refractivity contribution in [1.82, 2.24) is 4.90 Å². The maximum atomic E-state index is 12.4. The first-order valence-corrected chi connectivity index (χ1v) is 6.55. The lowest BCUT2D eigenvalue weighted by Gasteiger charge is -2.20. The molecule has 0 atom stereocenters.